The minimum atomic E-state index is -0.730. The fourth-order valence-electron chi connectivity index (χ4n) is 3.12. The van der Waals surface area contributed by atoms with E-state index in [2.05, 4.69) is 10.4 Å². The van der Waals surface area contributed by atoms with Crippen LogP contribution in [0.1, 0.15) is 33.1 Å². The van der Waals surface area contributed by atoms with E-state index in [1.165, 1.54) is 0 Å². The van der Waals surface area contributed by atoms with Crippen LogP contribution < -0.4 is 5.32 Å². The second-order valence-corrected chi connectivity index (χ2v) is 6.71. The van der Waals surface area contributed by atoms with Crippen molar-refractivity contribution in [3.8, 4) is 0 Å². The number of nitrogens with one attached hydrogen (secondary N) is 1. The topological polar surface area (TPSA) is 76.5 Å². The second kappa shape index (κ2) is 8.28. The Labute approximate surface area is 143 Å². The maximum atomic E-state index is 12.8. The van der Waals surface area contributed by atoms with Crippen molar-refractivity contribution in [3.05, 3.63) is 18.5 Å². The van der Waals surface area contributed by atoms with E-state index in [1.807, 2.05) is 31.0 Å². The molecule has 2 amide bonds. The van der Waals surface area contributed by atoms with Gasteiger partial charge in [0.1, 0.15) is 5.54 Å². The van der Waals surface area contributed by atoms with Gasteiger partial charge in [0.25, 0.3) is 0 Å². The van der Waals surface area contributed by atoms with Gasteiger partial charge in [-0.15, -0.1) is 0 Å². The minimum absolute atomic E-state index is 0.0563. The Morgan fingerprint density at radius 3 is 2.58 bits per heavy atom. The van der Waals surface area contributed by atoms with Crippen molar-refractivity contribution >= 4 is 11.8 Å². The average Bonchev–Trinajstić information content (AvgIpc) is 3.09. The molecule has 0 unspecified atom stereocenters. The Bertz CT molecular complexity index is 534. The van der Waals surface area contributed by atoms with Crippen molar-refractivity contribution < 1.29 is 14.3 Å². The van der Waals surface area contributed by atoms with Crippen LogP contribution in [0.4, 0.5) is 0 Å². The quantitative estimate of drug-likeness (QED) is 0.754. The van der Waals surface area contributed by atoms with Gasteiger partial charge in [-0.2, -0.15) is 5.10 Å². The Hall–Kier alpha value is -1.89. The van der Waals surface area contributed by atoms with Crippen LogP contribution in [0.15, 0.2) is 18.5 Å². The monoisotopic (exact) mass is 336 g/mol. The third-order valence-electron chi connectivity index (χ3n) is 4.48. The van der Waals surface area contributed by atoms with E-state index in [-0.39, 0.29) is 11.8 Å². The van der Waals surface area contributed by atoms with Crippen molar-refractivity contribution in [2.45, 2.75) is 38.6 Å². The first-order chi connectivity index (χ1) is 11.5. The van der Waals surface area contributed by atoms with E-state index in [0.29, 0.717) is 51.4 Å². The number of methoxy groups -OCH3 is 1. The number of rotatable bonds is 7. The molecular weight excluding hydrogens is 308 g/mol. The summed E-state index contributed by atoms with van der Waals surface area (Å²) in [6, 6.07) is 1.82. The van der Waals surface area contributed by atoms with E-state index in [9.17, 15) is 9.59 Å². The van der Waals surface area contributed by atoms with Crippen LogP contribution in [0.3, 0.4) is 0 Å². The number of likely N-dealkylation sites (tertiary alicyclic amines) is 1. The highest BCUT2D eigenvalue weighted by atomic mass is 16.5. The molecule has 1 aromatic heterocycles. The lowest BCUT2D eigenvalue weighted by atomic mass is 9.86. The summed E-state index contributed by atoms with van der Waals surface area (Å²) in [5, 5.41) is 7.23. The van der Waals surface area contributed by atoms with Gasteiger partial charge in [0.05, 0.1) is 6.61 Å². The summed E-state index contributed by atoms with van der Waals surface area (Å²) >= 11 is 0. The van der Waals surface area contributed by atoms with Gasteiger partial charge in [-0.1, -0.05) is 13.8 Å². The summed E-state index contributed by atoms with van der Waals surface area (Å²) in [5.41, 5.74) is -0.730. The minimum Gasteiger partial charge on any atom is -0.383 e. The van der Waals surface area contributed by atoms with Crippen LogP contribution in [0.5, 0.6) is 0 Å². The lowest BCUT2D eigenvalue weighted by molar-refractivity contribution is -0.140. The van der Waals surface area contributed by atoms with Gasteiger partial charge < -0.3 is 15.0 Å². The third kappa shape index (κ3) is 4.14. The fraction of sp³-hybridized carbons (Fsp3) is 0.706. The van der Waals surface area contributed by atoms with Crippen molar-refractivity contribution in [2.24, 2.45) is 5.92 Å². The molecule has 0 spiro atoms. The molecule has 7 heteroatoms. The number of hydrogen-bond donors (Lipinski definition) is 1. The Balaban J connectivity index is 2.08. The van der Waals surface area contributed by atoms with Crippen LogP contribution >= 0.6 is 0 Å². The Morgan fingerprint density at radius 2 is 2.04 bits per heavy atom. The molecule has 24 heavy (non-hydrogen) atoms. The molecule has 0 radical (unpaired) electrons. The van der Waals surface area contributed by atoms with Gasteiger partial charge in [-0.3, -0.25) is 14.3 Å². The van der Waals surface area contributed by atoms with E-state index >= 15 is 0 Å². The van der Waals surface area contributed by atoms with Crippen LogP contribution in [0.2, 0.25) is 0 Å². The highest BCUT2D eigenvalue weighted by Crippen LogP contribution is 2.30. The van der Waals surface area contributed by atoms with Gasteiger partial charge in [0.2, 0.25) is 11.8 Å². The first-order valence-electron chi connectivity index (χ1n) is 8.55. The van der Waals surface area contributed by atoms with Crippen molar-refractivity contribution in [2.75, 3.05) is 33.4 Å². The number of amides is 2. The van der Waals surface area contributed by atoms with Gasteiger partial charge in [-0.25, -0.2) is 0 Å². The summed E-state index contributed by atoms with van der Waals surface area (Å²) in [7, 11) is 1.61. The molecular formula is C17H28N4O3. The molecule has 1 saturated heterocycles. The van der Waals surface area contributed by atoms with Crippen molar-refractivity contribution in [3.63, 3.8) is 0 Å². The molecule has 2 heterocycles. The molecule has 7 nitrogen and oxygen atoms in total. The molecule has 1 fully saturated rings. The van der Waals surface area contributed by atoms with Crippen LogP contribution in [0, 0.1) is 5.92 Å². The molecule has 1 N–H and O–H groups in total. The number of piperidine rings is 1. The Kier molecular flexibility index (Phi) is 6.36. The predicted molar refractivity (Wildman–Crippen MR) is 90.4 cm³/mol. The number of carbonyl (C=O) groups is 2. The number of aromatic nitrogens is 2. The molecule has 0 atom stereocenters. The van der Waals surface area contributed by atoms with E-state index in [0.717, 1.165) is 0 Å². The normalized spacial score (nSPS) is 17.1. The zero-order chi connectivity index (χ0) is 17.6. The molecule has 0 bridgehead atoms. The van der Waals surface area contributed by atoms with Crippen molar-refractivity contribution in [1.29, 1.82) is 0 Å². The molecule has 0 aliphatic carbocycles. The smallest absolute Gasteiger partial charge is 0.248 e. The first-order valence-corrected chi connectivity index (χ1v) is 8.55. The largest absolute Gasteiger partial charge is 0.383 e. The molecule has 134 valence electrons. The van der Waals surface area contributed by atoms with Crippen LogP contribution in [0.25, 0.3) is 0 Å². The van der Waals surface area contributed by atoms with Crippen LogP contribution in [-0.4, -0.2) is 59.8 Å². The summed E-state index contributed by atoms with van der Waals surface area (Å²) in [5.74, 6) is 0.450. The lowest BCUT2D eigenvalue weighted by Gasteiger charge is -2.41. The fourth-order valence-corrected chi connectivity index (χ4v) is 3.12. The zero-order valence-electron chi connectivity index (χ0n) is 14.8. The molecule has 0 saturated carbocycles. The highest BCUT2D eigenvalue weighted by Gasteiger charge is 2.44. The van der Waals surface area contributed by atoms with E-state index in [1.54, 1.807) is 18.0 Å². The SMILES string of the molecule is COCCNC(=O)C1(n2cccn2)CCN(C(=O)CC(C)C)CC1. The average molecular weight is 336 g/mol. The van der Waals surface area contributed by atoms with E-state index < -0.39 is 5.54 Å². The predicted octanol–water partition coefficient (Wildman–Crippen LogP) is 1.01. The standard InChI is InChI=1S/C17H28N4O3/c1-14(2)13-15(22)20-10-5-17(6-11-20,21-9-4-7-19-21)16(23)18-8-12-24-3/h4,7,9,14H,5-6,8,10-13H2,1-3H3,(H,18,23). The number of nitrogens with zero attached hydrogens (tertiary/aromatic N) is 3. The summed E-state index contributed by atoms with van der Waals surface area (Å²) in [4.78, 5) is 27.0. The van der Waals surface area contributed by atoms with Crippen molar-refractivity contribution in [1.82, 2.24) is 20.0 Å². The van der Waals surface area contributed by atoms with Gasteiger partial charge in [0, 0.05) is 45.6 Å². The van der Waals surface area contributed by atoms with Crippen LogP contribution in [-0.2, 0) is 19.9 Å². The maximum Gasteiger partial charge on any atom is 0.248 e. The number of hydrogen-bond acceptors (Lipinski definition) is 4. The number of carbonyl (C=O) groups excluding carboxylic acids is 2. The highest BCUT2D eigenvalue weighted by molar-refractivity contribution is 5.85. The molecule has 1 aliphatic rings. The molecule has 0 aromatic carbocycles. The lowest BCUT2D eigenvalue weighted by Crippen LogP contribution is -2.56. The molecule has 1 aliphatic heterocycles. The summed E-state index contributed by atoms with van der Waals surface area (Å²) in [6.45, 7) is 6.17. The summed E-state index contributed by atoms with van der Waals surface area (Å²) in [6.07, 6.45) is 5.19. The first kappa shape index (κ1) is 18.4. The summed E-state index contributed by atoms with van der Waals surface area (Å²) < 4.78 is 6.73. The molecule has 1 aromatic rings. The zero-order valence-corrected chi connectivity index (χ0v) is 14.8. The molecule has 2 rings (SSSR count). The van der Waals surface area contributed by atoms with Gasteiger partial charge >= 0.3 is 0 Å². The number of ether oxygens (including phenoxy) is 1. The Morgan fingerprint density at radius 1 is 1.33 bits per heavy atom. The maximum absolute atomic E-state index is 12.8. The van der Waals surface area contributed by atoms with E-state index in [4.69, 9.17) is 4.74 Å². The van der Waals surface area contributed by atoms with Gasteiger partial charge in [0.15, 0.2) is 0 Å². The third-order valence-corrected chi connectivity index (χ3v) is 4.48. The second-order valence-electron chi connectivity index (χ2n) is 6.71. The van der Waals surface area contributed by atoms with Gasteiger partial charge in [-0.05, 0) is 24.8 Å².